The van der Waals surface area contributed by atoms with Gasteiger partial charge >= 0.3 is 0 Å². The van der Waals surface area contributed by atoms with Crippen molar-refractivity contribution in [2.45, 2.75) is 24.4 Å². The molecule has 0 saturated heterocycles. The number of benzene rings is 1. The zero-order valence-corrected chi connectivity index (χ0v) is 19.1. The van der Waals surface area contributed by atoms with E-state index >= 15 is 0 Å². The van der Waals surface area contributed by atoms with E-state index in [-0.39, 0.29) is 11.8 Å². The van der Waals surface area contributed by atoms with Crippen LogP contribution >= 0.6 is 23.1 Å². The van der Waals surface area contributed by atoms with Crippen molar-refractivity contribution in [2.75, 3.05) is 40.7 Å². The summed E-state index contributed by atoms with van der Waals surface area (Å²) >= 11 is 3.07. The van der Waals surface area contributed by atoms with Crippen molar-refractivity contribution >= 4 is 33.3 Å². The molecule has 0 saturated carbocycles. The van der Waals surface area contributed by atoms with Crippen molar-refractivity contribution < 1.29 is 14.2 Å². The Balaban J connectivity index is 1.89. The third kappa shape index (κ3) is 4.00. The minimum Gasteiger partial charge on any atom is -0.497 e. The Morgan fingerprint density at radius 1 is 1.27 bits per heavy atom. The largest absolute Gasteiger partial charge is 0.497 e. The molecule has 0 aliphatic carbocycles. The molecule has 160 valence electrons. The summed E-state index contributed by atoms with van der Waals surface area (Å²) in [7, 11) is 6.92. The molecular weight excluding hydrogens is 422 g/mol. The number of nitrogens with zero attached hydrogens (tertiary/aromatic N) is 3. The molecule has 0 radical (unpaired) electrons. The number of fused-ring (bicyclic) bond motifs is 3. The smallest absolute Gasteiger partial charge is 0.267 e. The summed E-state index contributed by atoms with van der Waals surface area (Å²) in [4.78, 5) is 23.0. The lowest BCUT2D eigenvalue weighted by Gasteiger charge is -2.22. The summed E-state index contributed by atoms with van der Waals surface area (Å²) in [5.41, 5.74) is 1.84. The molecule has 1 aliphatic heterocycles. The highest BCUT2D eigenvalue weighted by molar-refractivity contribution is 7.99. The number of likely N-dealkylation sites (N-methyl/N-ethyl adjacent to an activating group) is 1. The Morgan fingerprint density at radius 2 is 2.07 bits per heavy atom. The molecule has 0 fully saturated rings. The van der Waals surface area contributed by atoms with Crippen LogP contribution in [0.5, 0.6) is 5.75 Å². The fourth-order valence-electron chi connectivity index (χ4n) is 3.60. The van der Waals surface area contributed by atoms with Crippen molar-refractivity contribution in [3.8, 4) is 11.4 Å². The molecule has 30 heavy (non-hydrogen) atoms. The average Bonchev–Trinajstić information content (AvgIpc) is 3.12. The summed E-state index contributed by atoms with van der Waals surface area (Å²) in [6, 6.07) is 7.50. The van der Waals surface area contributed by atoms with Crippen molar-refractivity contribution in [1.82, 2.24) is 14.5 Å². The molecule has 1 aliphatic rings. The molecule has 1 aromatic carbocycles. The first kappa shape index (κ1) is 21.3. The Bertz CT molecular complexity index is 1110. The normalized spacial score (nSPS) is 14.4. The summed E-state index contributed by atoms with van der Waals surface area (Å²) in [6.07, 6.45) is 0.481. The highest BCUT2D eigenvalue weighted by Crippen LogP contribution is 2.34. The average molecular weight is 448 g/mol. The third-order valence-electron chi connectivity index (χ3n) is 5.22. The molecule has 0 unspecified atom stereocenters. The Morgan fingerprint density at radius 3 is 2.80 bits per heavy atom. The van der Waals surface area contributed by atoms with Crippen molar-refractivity contribution in [3.05, 3.63) is 45.1 Å². The summed E-state index contributed by atoms with van der Waals surface area (Å²) in [6.45, 7) is 1.80. The van der Waals surface area contributed by atoms with Gasteiger partial charge in [-0.25, -0.2) is 4.98 Å². The highest BCUT2D eigenvalue weighted by Gasteiger charge is 2.25. The molecule has 9 heteroatoms. The van der Waals surface area contributed by atoms with E-state index in [4.69, 9.17) is 19.2 Å². The minimum atomic E-state index is -0.383. The second kappa shape index (κ2) is 9.07. The van der Waals surface area contributed by atoms with Crippen LogP contribution in [0.1, 0.15) is 10.4 Å². The lowest BCUT2D eigenvalue weighted by molar-refractivity contribution is -0.0842. The van der Waals surface area contributed by atoms with Gasteiger partial charge in [0.05, 0.1) is 23.9 Å². The number of hydrogen-bond donors (Lipinski definition) is 0. The van der Waals surface area contributed by atoms with E-state index in [1.807, 2.05) is 24.3 Å². The van der Waals surface area contributed by atoms with Gasteiger partial charge < -0.3 is 19.1 Å². The molecule has 4 rings (SSSR count). The van der Waals surface area contributed by atoms with Crippen LogP contribution in [-0.4, -0.2) is 61.4 Å². The van der Waals surface area contributed by atoms with Crippen molar-refractivity contribution in [3.63, 3.8) is 0 Å². The standard InChI is InChI=1S/C21H25N3O4S2/c1-23-9-8-15-16(11-23)30-19-18(15)20(25)24(13-6-5-7-14(10-13)26-2)21(22-19)29-12-17(27-3)28-4/h5-7,10,17H,8-9,11-12H2,1-4H3. The van der Waals surface area contributed by atoms with Crippen LogP contribution in [0.15, 0.2) is 34.2 Å². The van der Waals surface area contributed by atoms with E-state index in [0.29, 0.717) is 16.7 Å². The topological polar surface area (TPSA) is 65.8 Å². The molecule has 3 heterocycles. The van der Waals surface area contributed by atoms with Gasteiger partial charge in [-0.15, -0.1) is 11.3 Å². The van der Waals surface area contributed by atoms with Crippen molar-refractivity contribution in [2.24, 2.45) is 0 Å². The molecule has 3 aromatic rings. The predicted molar refractivity (Wildman–Crippen MR) is 120 cm³/mol. The van der Waals surface area contributed by atoms with E-state index in [1.165, 1.54) is 16.6 Å². The maximum absolute atomic E-state index is 13.7. The van der Waals surface area contributed by atoms with Gasteiger partial charge in [0.2, 0.25) is 0 Å². The molecule has 0 spiro atoms. The number of ether oxygens (including phenoxy) is 3. The molecular formula is C21H25N3O4S2. The first-order chi connectivity index (χ1) is 14.5. The van der Waals surface area contributed by atoms with E-state index in [2.05, 4.69) is 11.9 Å². The van der Waals surface area contributed by atoms with Crippen LogP contribution in [0.4, 0.5) is 0 Å². The third-order valence-corrected chi connectivity index (χ3v) is 7.30. The quantitative estimate of drug-likeness (QED) is 0.313. The van der Waals surface area contributed by atoms with Crippen LogP contribution in [0.2, 0.25) is 0 Å². The van der Waals surface area contributed by atoms with Gasteiger partial charge in [0.25, 0.3) is 5.56 Å². The number of aromatic nitrogens is 2. The number of thioether (sulfide) groups is 1. The van der Waals surface area contributed by atoms with Gasteiger partial charge in [0.15, 0.2) is 11.4 Å². The van der Waals surface area contributed by atoms with Crippen LogP contribution < -0.4 is 10.3 Å². The summed E-state index contributed by atoms with van der Waals surface area (Å²) in [5.74, 6) is 1.21. The van der Waals surface area contributed by atoms with Gasteiger partial charge in [-0.2, -0.15) is 0 Å². The predicted octanol–water partition coefficient (Wildman–Crippen LogP) is 3.15. The molecule has 0 N–H and O–H groups in total. The molecule has 7 nitrogen and oxygen atoms in total. The van der Waals surface area contributed by atoms with E-state index in [0.717, 1.165) is 41.0 Å². The fourth-order valence-corrected chi connectivity index (χ4v) is 5.98. The second-order valence-electron chi connectivity index (χ2n) is 7.12. The van der Waals surface area contributed by atoms with Gasteiger partial charge in [-0.3, -0.25) is 9.36 Å². The monoisotopic (exact) mass is 447 g/mol. The maximum Gasteiger partial charge on any atom is 0.267 e. The van der Waals surface area contributed by atoms with Gasteiger partial charge in [-0.1, -0.05) is 17.8 Å². The van der Waals surface area contributed by atoms with Crippen LogP contribution in [-0.2, 0) is 22.4 Å². The second-order valence-corrected chi connectivity index (χ2v) is 9.19. The van der Waals surface area contributed by atoms with E-state index < -0.39 is 0 Å². The number of methoxy groups -OCH3 is 3. The van der Waals surface area contributed by atoms with Gasteiger partial charge in [0.1, 0.15) is 10.6 Å². The van der Waals surface area contributed by atoms with E-state index in [9.17, 15) is 4.79 Å². The highest BCUT2D eigenvalue weighted by atomic mass is 32.2. The number of hydrogen-bond acceptors (Lipinski definition) is 8. The number of thiophene rings is 1. The zero-order valence-electron chi connectivity index (χ0n) is 17.5. The molecule has 0 atom stereocenters. The number of rotatable bonds is 7. The van der Waals surface area contributed by atoms with E-state index in [1.54, 1.807) is 37.2 Å². The first-order valence-electron chi connectivity index (χ1n) is 9.64. The lowest BCUT2D eigenvalue weighted by Crippen LogP contribution is -2.27. The minimum absolute atomic E-state index is 0.0378. The van der Waals surface area contributed by atoms with Crippen molar-refractivity contribution in [1.29, 1.82) is 0 Å². The van der Waals surface area contributed by atoms with Gasteiger partial charge in [-0.05, 0) is 31.2 Å². The Hall–Kier alpha value is -1.91. The SMILES string of the molecule is COc1cccc(-n2c(SCC(OC)OC)nc3sc4c(c3c2=O)CCN(C)C4)c1. The fraction of sp³-hybridized carbons (Fsp3) is 0.429. The molecule has 0 bridgehead atoms. The molecule has 2 aromatic heterocycles. The Kier molecular flexibility index (Phi) is 6.45. The summed E-state index contributed by atoms with van der Waals surface area (Å²) < 4.78 is 17.7. The van der Waals surface area contributed by atoms with Crippen LogP contribution in [0.25, 0.3) is 15.9 Å². The zero-order chi connectivity index (χ0) is 21.3. The summed E-state index contributed by atoms with van der Waals surface area (Å²) in [5, 5.41) is 1.36. The van der Waals surface area contributed by atoms with Crippen LogP contribution in [0.3, 0.4) is 0 Å². The first-order valence-corrected chi connectivity index (χ1v) is 11.4. The Labute approximate surface area is 183 Å². The van der Waals surface area contributed by atoms with Crippen LogP contribution in [0, 0.1) is 0 Å². The molecule has 0 amide bonds. The van der Waals surface area contributed by atoms with Gasteiger partial charge in [0, 0.05) is 38.3 Å². The lowest BCUT2D eigenvalue weighted by atomic mass is 10.1. The maximum atomic E-state index is 13.7.